The number of aromatic nitrogens is 1. The maximum atomic E-state index is 12.1. The van der Waals surface area contributed by atoms with E-state index in [0.717, 1.165) is 21.4 Å². The second-order valence-electron chi connectivity index (χ2n) is 5.57. The Labute approximate surface area is 147 Å². The third-order valence-corrected chi connectivity index (χ3v) is 4.73. The molecule has 0 fully saturated rings. The standard InChI is InChI=1S/C17H14BrN3O3/c1-10(22)21-15(8-14(20-21)13-4-2-3-5-19-13)11-6-16-17(7-12(11)18)24-9-23-16/h2-7,15H,8-9H2,1H3/t15-/m1/s1. The van der Waals surface area contributed by atoms with Gasteiger partial charge in [0.15, 0.2) is 11.5 Å². The lowest BCUT2D eigenvalue weighted by Crippen LogP contribution is -2.24. The summed E-state index contributed by atoms with van der Waals surface area (Å²) >= 11 is 3.57. The molecule has 4 rings (SSSR count). The molecule has 0 bridgehead atoms. The highest BCUT2D eigenvalue weighted by Gasteiger charge is 2.34. The minimum Gasteiger partial charge on any atom is -0.454 e. The van der Waals surface area contributed by atoms with Crippen LogP contribution in [0.25, 0.3) is 0 Å². The van der Waals surface area contributed by atoms with Crippen molar-refractivity contribution < 1.29 is 14.3 Å². The first kappa shape index (κ1) is 15.1. The van der Waals surface area contributed by atoms with Crippen molar-refractivity contribution in [3.05, 3.63) is 52.3 Å². The number of hydrazone groups is 1. The van der Waals surface area contributed by atoms with Crippen LogP contribution >= 0.6 is 15.9 Å². The first-order valence-electron chi connectivity index (χ1n) is 7.51. The van der Waals surface area contributed by atoms with Crippen LogP contribution in [-0.4, -0.2) is 28.4 Å². The van der Waals surface area contributed by atoms with E-state index in [2.05, 4.69) is 26.0 Å². The second-order valence-corrected chi connectivity index (χ2v) is 6.43. The van der Waals surface area contributed by atoms with E-state index in [4.69, 9.17) is 9.47 Å². The third-order valence-electron chi connectivity index (χ3n) is 4.04. The molecule has 122 valence electrons. The molecule has 1 aromatic carbocycles. The molecule has 2 aromatic rings. The zero-order valence-electron chi connectivity index (χ0n) is 12.9. The predicted octanol–water partition coefficient (Wildman–Crippen LogP) is 3.27. The van der Waals surface area contributed by atoms with Crippen molar-refractivity contribution in [2.24, 2.45) is 5.10 Å². The van der Waals surface area contributed by atoms with E-state index < -0.39 is 0 Å². The molecule has 0 radical (unpaired) electrons. The van der Waals surface area contributed by atoms with E-state index in [-0.39, 0.29) is 18.7 Å². The number of amides is 1. The Morgan fingerprint density at radius 3 is 2.79 bits per heavy atom. The van der Waals surface area contributed by atoms with Crippen molar-refractivity contribution in [1.82, 2.24) is 9.99 Å². The van der Waals surface area contributed by atoms with Gasteiger partial charge in [-0.2, -0.15) is 5.10 Å². The van der Waals surface area contributed by atoms with Crippen LogP contribution in [0.4, 0.5) is 0 Å². The highest BCUT2D eigenvalue weighted by Crippen LogP contribution is 2.43. The maximum Gasteiger partial charge on any atom is 0.240 e. The SMILES string of the molecule is CC(=O)N1N=C(c2ccccn2)C[C@@H]1c1cc2c(cc1Br)OCO2. The molecule has 24 heavy (non-hydrogen) atoms. The summed E-state index contributed by atoms with van der Waals surface area (Å²) in [7, 11) is 0. The monoisotopic (exact) mass is 387 g/mol. The average Bonchev–Trinajstić information content (AvgIpc) is 3.21. The Morgan fingerprint density at radius 1 is 1.29 bits per heavy atom. The number of hydrogen-bond donors (Lipinski definition) is 0. The quantitative estimate of drug-likeness (QED) is 0.792. The fourth-order valence-corrected chi connectivity index (χ4v) is 3.51. The first-order valence-corrected chi connectivity index (χ1v) is 8.30. The summed E-state index contributed by atoms with van der Waals surface area (Å²) < 4.78 is 11.7. The van der Waals surface area contributed by atoms with Gasteiger partial charge in [-0.15, -0.1) is 0 Å². The predicted molar refractivity (Wildman–Crippen MR) is 90.9 cm³/mol. The van der Waals surface area contributed by atoms with Gasteiger partial charge in [-0.25, -0.2) is 5.01 Å². The van der Waals surface area contributed by atoms with E-state index in [9.17, 15) is 4.79 Å². The zero-order valence-corrected chi connectivity index (χ0v) is 14.5. The molecule has 0 aliphatic carbocycles. The van der Waals surface area contributed by atoms with Crippen LogP contribution in [0.2, 0.25) is 0 Å². The summed E-state index contributed by atoms with van der Waals surface area (Å²) in [5, 5.41) is 6.00. The van der Waals surface area contributed by atoms with Gasteiger partial charge in [0.25, 0.3) is 0 Å². The Balaban J connectivity index is 1.72. The van der Waals surface area contributed by atoms with Gasteiger partial charge < -0.3 is 9.47 Å². The van der Waals surface area contributed by atoms with E-state index in [1.165, 1.54) is 11.9 Å². The lowest BCUT2D eigenvalue weighted by Gasteiger charge is -2.21. The maximum absolute atomic E-state index is 12.1. The van der Waals surface area contributed by atoms with Crippen LogP contribution in [0.1, 0.15) is 30.6 Å². The van der Waals surface area contributed by atoms with Gasteiger partial charge in [0.2, 0.25) is 12.7 Å². The molecule has 0 spiro atoms. The van der Waals surface area contributed by atoms with Crippen LogP contribution in [0, 0.1) is 0 Å². The normalized spacial score (nSPS) is 18.7. The van der Waals surface area contributed by atoms with Crippen molar-refractivity contribution in [1.29, 1.82) is 0 Å². The van der Waals surface area contributed by atoms with Gasteiger partial charge in [0.1, 0.15) is 0 Å². The number of rotatable bonds is 2. The lowest BCUT2D eigenvalue weighted by molar-refractivity contribution is -0.130. The molecule has 1 atom stereocenters. The number of carbonyl (C=O) groups excluding carboxylic acids is 1. The minimum atomic E-state index is -0.205. The number of pyridine rings is 1. The van der Waals surface area contributed by atoms with Crippen molar-refractivity contribution >= 4 is 27.5 Å². The van der Waals surface area contributed by atoms with Crippen LogP contribution in [-0.2, 0) is 4.79 Å². The van der Waals surface area contributed by atoms with Crippen LogP contribution in [0.3, 0.4) is 0 Å². The van der Waals surface area contributed by atoms with Crippen molar-refractivity contribution in [3.63, 3.8) is 0 Å². The Bertz CT molecular complexity index is 838. The zero-order chi connectivity index (χ0) is 16.7. The van der Waals surface area contributed by atoms with Crippen LogP contribution in [0.15, 0.2) is 46.1 Å². The summed E-state index contributed by atoms with van der Waals surface area (Å²) in [4.78, 5) is 16.4. The number of hydrogen-bond acceptors (Lipinski definition) is 5. The smallest absolute Gasteiger partial charge is 0.240 e. The Kier molecular flexibility index (Phi) is 3.72. The average molecular weight is 388 g/mol. The molecule has 3 heterocycles. The highest BCUT2D eigenvalue weighted by atomic mass is 79.9. The van der Waals surface area contributed by atoms with Crippen LogP contribution in [0.5, 0.6) is 11.5 Å². The molecule has 2 aliphatic heterocycles. The second kappa shape index (κ2) is 5.90. The van der Waals surface area contributed by atoms with Gasteiger partial charge in [-0.1, -0.05) is 22.0 Å². The van der Waals surface area contributed by atoms with E-state index in [0.29, 0.717) is 17.9 Å². The number of fused-ring (bicyclic) bond motifs is 1. The van der Waals surface area contributed by atoms with Crippen LogP contribution < -0.4 is 9.47 Å². The third kappa shape index (κ3) is 2.54. The number of ether oxygens (including phenoxy) is 2. The summed E-state index contributed by atoms with van der Waals surface area (Å²) in [6, 6.07) is 9.23. The summed E-state index contributed by atoms with van der Waals surface area (Å²) in [5.41, 5.74) is 2.51. The molecule has 0 unspecified atom stereocenters. The van der Waals surface area contributed by atoms with E-state index in [1.54, 1.807) is 6.20 Å². The lowest BCUT2D eigenvalue weighted by atomic mass is 10.00. The summed E-state index contributed by atoms with van der Waals surface area (Å²) in [5.74, 6) is 1.27. The van der Waals surface area contributed by atoms with Gasteiger partial charge in [-0.3, -0.25) is 9.78 Å². The summed E-state index contributed by atoms with van der Waals surface area (Å²) in [6.07, 6.45) is 2.31. The molecule has 0 N–H and O–H groups in total. The Hall–Kier alpha value is -2.41. The first-order chi connectivity index (χ1) is 11.6. The fourth-order valence-electron chi connectivity index (χ4n) is 2.92. The summed E-state index contributed by atoms with van der Waals surface area (Å²) in [6.45, 7) is 1.72. The molecule has 1 aromatic heterocycles. The molecule has 7 heteroatoms. The van der Waals surface area contributed by atoms with Crippen molar-refractivity contribution in [3.8, 4) is 11.5 Å². The number of benzene rings is 1. The topological polar surface area (TPSA) is 64.0 Å². The minimum absolute atomic E-state index is 0.115. The molecular formula is C17H14BrN3O3. The van der Waals surface area contributed by atoms with Gasteiger partial charge in [-0.05, 0) is 29.8 Å². The molecule has 2 aliphatic rings. The number of halogens is 1. The van der Waals surface area contributed by atoms with Gasteiger partial charge in [0.05, 0.1) is 17.4 Å². The molecule has 6 nitrogen and oxygen atoms in total. The molecule has 1 amide bonds. The molecule has 0 saturated heterocycles. The highest BCUT2D eigenvalue weighted by molar-refractivity contribution is 9.10. The Morgan fingerprint density at radius 2 is 2.08 bits per heavy atom. The molecule has 0 saturated carbocycles. The fraction of sp³-hybridized carbons (Fsp3) is 0.235. The number of carbonyl (C=O) groups is 1. The van der Waals surface area contributed by atoms with Gasteiger partial charge >= 0.3 is 0 Å². The van der Waals surface area contributed by atoms with E-state index in [1.807, 2.05) is 30.3 Å². The van der Waals surface area contributed by atoms with Crippen molar-refractivity contribution in [2.75, 3.05) is 6.79 Å². The number of nitrogens with zero attached hydrogens (tertiary/aromatic N) is 3. The van der Waals surface area contributed by atoms with Crippen molar-refractivity contribution in [2.45, 2.75) is 19.4 Å². The largest absolute Gasteiger partial charge is 0.454 e. The molecular weight excluding hydrogens is 374 g/mol. The van der Waals surface area contributed by atoms with E-state index >= 15 is 0 Å². The van der Waals surface area contributed by atoms with Gasteiger partial charge in [0, 0.05) is 24.0 Å².